The van der Waals surface area contributed by atoms with Gasteiger partial charge in [0.25, 0.3) is 0 Å². The maximum Gasteiger partial charge on any atom is 0.321 e. The van der Waals surface area contributed by atoms with Crippen molar-refractivity contribution in [1.82, 2.24) is 20.1 Å². The standard InChI is InChI=1S/C7H9N5O/c1-5-11-7(13-12-5)10-4-6-8-2-3-9-6/h2-3H,4H2,1H3,(H,8,9)(H,10,11,12). The third-order valence-electron chi connectivity index (χ3n) is 1.49. The van der Waals surface area contributed by atoms with Gasteiger partial charge in [-0.1, -0.05) is 5.16 Å². The van der Waals surface area contributed by atoms with E-state index in [1.54, 1.807) is 19.3 Å². The first-order valence-corrected chi connectivity index (χ1v) is 3.87. The van der Waals surface area contributed by atoms with E-state index in [2.05, 4.69) is 25.4 Å². The summed E-state index contributed by atoms with van der Waals surface area (Å²) in [5.74, 6) is 1.44. The smallest absolute Gasteiger partial charge is 0.321 e. The Hall–Kier alpha value is -1.85. The van der Waals surface area contributed by atoms with E-state index in [1.165, 1.54) is 0 Å². The zero-order valence-corrected chi connectivity index (χ0v) is 7.11. The Kier molecular flexibility index (Phi) is 1.95. The molecule has 0 saturated heterocycles. The Morgan fingerprint density at radius 2 is 2.54 bits per heavy atom. The molecule has 2 rings (SSSR count). The molecule has 2 aromatic rings. The summed E-state index contributed by atoms with van der Waals surface area (Å²) in [6.07, 6.45) is 3.45. The number of rotatable bonds is 3. The Bertz CT molecular complexity index is 366. The largest absolute Gasteiger partial charge is 0.347 e. The van der Waals surface area contributed by atoms with Gasteiger partial charge in [-0.25, -0.2) is 4.98 Å². The van der Waals surface area contributed by atoms with E-state index in [4.69, 9.17) is 4.52 Å². The van der Waals surface area contributed by atoms with Crippen LogP contribution in [0.1, 0.15) is 11.6 Å². The minimum atomic E-state index is 0.411. The number of anilines is 1. The monoisotopic (exact) mass is 179 g/mol. The van der Waals surface area contributed by atoms with Crippen LogP contribution in [0.3, 0.4) is 0 Å². The second-order valence-electron chi connectivity index (χ2n) is 2.54. The third kappa shape index (κ3) is 1.84. The summed E-state index contributed by atoms with van der Waals surface area (Å²) in [4.78, 5) is 11.0. The lowest BCUT2D eigenvalue weighted by atomic mass is 10.6. The number of aromatic nitrogens is 4. The van der Waals surface area contributed by atoms with Crippen molar-refractivity contribution >= 4 is 6.01 Å². The van der Waals surface area contributed by atoms with Crippen LogP contribution in [-0.2, 0) is 6.54 Å². The van der Waals surface area contributed by atoms with Crippen molar-refractivity contribution in [1.29, 1.82) is 0 Å². The zero-order chi connectivity index (χ0) is 9.10. The van der Waals surface area contributed by atoms with Crippen LogP contribution < -0.4 is 5.32 Å². The zero-order valence-electron chi connectivity index (χ0n) is 7.11. The maximum absolute atomic E-state index is 4.85. The highest BCUT2D eigenvalue weighted by Crippen LogP contribution is 2.02. The van der Waals surface area contributed by atoms with Crippen molar-refractivity contribution in [3.63, 3.8) is 0 Å². The molecule has 0 atom stereocenters. The summed E-state index contributed by atoms with van der Waals surface area (Å²) in [6, 6.07) is 0.411. The minimum absolute atomic E-state index is 0.411. The van der Waals surface area contributed by atoms with Crippen LogP contribution in [0.25, 0.3) is 0 Å². The van der Waals surface area contributed by atoms with Gasteiger partial charge < -0.3 is 14.8 Å². The Labute approximate surface area is 74.4 Å². The van der Waals surface area contributed by atoms with Gasteiger partial charge in [-0.05, 0) is 6.92 Å². The molecular formula is C7H9N5O. The van der Waals surface area contributed by atoms with Crippen molar-refractivity contribution in [2.45, 2.75) is 13.5 Å². The van der Waals surface area contributed by atoms with Crippen LogP contribution in [0.4, 0.5) is 6.01 Å². The van der Waals surface area contributed by atoms with Gasteiger partial charge in [0.05, 0.1) is 6.54 Å². The quantitative estimate of drug-likeness (QED) is 0.725. The number of imidazole rings is 1. The van der Waals surface area contributed by atoms with Crippen LogP contribution in [0, 0.1) is 6.92 Å². The molecule has 0 radical (unpaired) electrons. The molecular weight excluding hydrogens is 170 g/mol. The molecule has 0 aromatic carbocycles. The van der Waals surface area contributed by atoms with Crippen LogP contribution in [0.2, 0.25) is 0 Å². The molecule has 0 aliphatic carbocycles. The lowest BCUT2D eigenvalue weighted by molar-refractivity contribution is 0.425. The predicted octanol–water partition coefficient (Wildman–Crippen LogP) is 0.713. The van der Waals surface area contributed by atoms with Gasteiger partial charge in [-0.3, -0.25) is 0 Å². The topological polar surface area (TPSA) is 79.6 Å². The summed E-state index contributed by atoms with van der Waals surface area (Å²) < 4.78 is 4.85. The van der Waals surface area contributed by atoms with Gasteiger partial charge in [-0.2, -0.15) is 4.98 Å². The number of H-pyrrole nitrogens is 1. The summed E-state index contributed by atoms with van der Waals surface area (Å²) in [7, 11) is 0. The van der Waals surface area contributed by atoms with Gasteiger partial charge in [0.15, 0.2) is 5.82 Å². The highest BCUT2D eigenvalue weighted by atomic mass is 16.5. The lowest BCUT2D eigenvalue weighted by Crippen LogP contribution is -2.01. The molecule has 0 unspecified atom stereocenters. The van der Waals surface area contributed by atoms with E-state index in [0.717, 1.165) is 5.82 Å². The molecule has 0 bridgehead atoms. The average Bonchev–Trinajstić information content (AvgIpc) is 2.71. The fourth-order valence-electron chi connectivity index (χ4n) is 0.923. The van der Waals surface area contributed by atoms with Crippen molar-refractivity contribution in [2.24, 2.45) is 0 Å². The normalized spacial score (nSPS) is 10.2. The molecule has 0 aliphatic heterocycles. The summed E-state index contributed by atoms with van der Waals surface area (Å²) >= 11 is 0. The van der Waals surface area contributed by atoms with Crippen molar-refractivity contribution < 1.29 is 4.52 Å². The Morgan fingerprint density at radius 3 is 3.15 bits per heavy atom. The van der Waals surface area contributed by atoms with E-state index in [0.29, 0.717) is 18.4 Å². The second kappa shape index (κ2) is 3.26. The van der Waals surface area contributed by atoms with Gasteiger partial charge in [0, 0.05) is 12.4 Å². The summed E-state index contributed by atoms with van der Waals surface area (Å²) in [5, 5.41) is 6.57. The summed E-state index contributed by atoms with van der Waals surface area (Å²) in [6.45, 7) is 2.32. The number of hydrogen-bond donors (Lipinski definition) is 2. The van der Waals surface area contributed by atoms with E-state index in [1.807, 2.05) is 0 Å². The van der Waals surface area contributed by atoms with E-state index in [9.17, 15) is 0 Å². The van der Waals surface area contributed by atoms with E-state index >= 15 is 0 Å². The molecule has 2 heterocycles. The van der Waals surface area contributed by atoms with Crippen LogP contribution >= 0.6 is 0 Å². The first-order chi connectivity index (χ1) is 6.34. The highest BCUT2D eigenvalue weighted by Gasteiger charge is 2.01. The molecule has 0 saturated carbocycles. The van der Waals surface area contributed by atoms with Crippen LogP contribution in [0.15, 0.2) is 16.9 Å². The first-order valence-electron chi connectivity index (χ1n) is 3.87. The van der Waals surface area contributed by atoms with Gasteiger partial charge in [0.1, 0.15) is 5.82 Å². The molecule has 13 heavy (non-hydrogen) atoms. The highest BCUT2D eigenvalue weighted by molar-refractivity contribution is 5.18. The first kappa shape index (κ1) is 7.78. The average molecular weight is 179 g/mol. The Morgan fingerprint density at radius 1 is 1.62 bits per heavy atom. The minimum Gasteiger partial charge on any atom is -0.347 e. The van der Waals surface area contributed by atoms with Gasteiger partial charge in [0.2, 0.25) is 0 Å². The third-order valence-corrected chi connectivity index (χ3v) is 1.49. The molecule has 0 fully saturated rings. The number of hydrogen-bond acceptors (Lipinski definition) is 5. The number of aryl methyl sites for hydroxylation is 1. The molecule has 0 amide bonds. The van der Waals surface area contributed by atoms with Crippen LogP contribution in [0.5, 0.6) is 0 Å². The number of nitrogens with zero attached hydrogens (tertiary/aromatic N) is 3. The molecule has 0 aliphatic rings. The van der Waals surface area contributed by atoms with Crippen molar-refractivity contribution in [3.05, 3.63) is 24.0 Å². The van der Waals surface area contributed by atoms with Gasteiger partial charge >= 0.3 is 6.01 Å². The van der Waals surface area contributed by atoms with Crippen molar-refractivity contribution in [3.8, 4) is 0 Å². The molecule has 2 aromatic heterocycles. The molecule has 2 N–H and O–H groups in total. The number of aromatic amines is 1. The van der Waals surface area contributed by atoms with Crippen LogP contribution in [-0.4, -0.2) is 20.1 Å². The number of nitrogens with one attached hydrogen (secondary N) is 2. The van der Waals surface area contributed by atoms with Gasteiger partial charge in [-0.15, -0.1) is 0 Å². The molecule has 0 spiro atoms. The second-order valence-corrected chi connectivity index (χ2v) is 2.54. The molecule has 6 heteroatoms. The van der Waals surface area contributed by atoms with Crippen molar-refractivity contribution in [2.75, 3.05) is 5.32 Å². The van der Waals surface area contributed by atoms with E-state index < -0.39 is 0 Å². The fraction of sp³-hybridized carbons (Fsp3) is 0.286. The van der Waals surface area contributed by atoms with E-state index in [-0.39, 0.29) is 0 Å². The Balaban J connectivity index is 1.93. The predicted molar refractivity (Wildman–Crippen MR) is 44.9 cm³/mol. The SMILES string of the molecule is Cc1noc(NCc2ncc[nH]2)n1. The maximum atomic E-state index is 4.85. The molecule has 68 valence electrons. The fourth-order valence-corrected chi connectivity index (χ4v) is 0.923. The summed E-state index contributed by atoms with van der Waals surface area (Å²) in [5.41, 5.74) is 0. The lowest BCUT2D eigenvalue weighted by Gasteiger charge is -1.95. The molecule has 6 nitrogen and oxygen atoms in total.